The lowest BCUT2D eigenvalue weighted by atomic mass is 10.0. The molecule has 6 nitrogen and oxygen atoms in total. The van der Waals surface area contributed by atoms with Crippen LogP contribution >= 0.6 is 11.6 Å². The molecule has 0 saturated carbocycles. The molecule has 156 valence electrons. The van der Waals surface area contributed by atoms with Gasteiger partial charge in [-0.1, -0.05) is 30.2 Å². The highest BCUT2D eigenvalue weighted by molar-refractivity contribution is 7.93. The number of anilines is 1. The Morgan fingerprint density at radius 2 is 1.76 bits per heavy atom. The Labute approximate surface area is 170 Å². The summed E-state index contributed by atoms with van der Waals surface area (Å²) in [7, 11) is -5.61. The number of alkyl halides is 3. The lowest BCUT2D eigenvalue weighted by Gasteiger charge is -2.15. The number of halogens is 4. The SMILES string of the molecule is CC/C(=N\NC(=O)c1ccc(Cl)cc1)c1cc(C)ccc1NS(=O)(=O)C(F)(F)F. The van der Waals surface area contributed by atoms with E-state index in [1.54, 1.807) is 13.8 Å². The Hall–Kier alpha value is -2.59. The van der Waals surface area contributed by atoms with Crippen LogP contribution in [0.4, 0.5) is 18.9 Å². The second kappa shape index (κ2) is 8.83. The summed E-state index contributed by atoms with van der Waals surface area (Å²) in [6, 6.07) is 10.1. The summed E-state index contributed by atoms with van der Waals surface area (Å²) in [5.41, 5.74) is -2.20. The van der Waals surface area contributed by atoms with Gasteiger partial charge in [-0.2, -0.15) is 26.7 Å². The maximum absolute atomic E-state index is 12.7. The number of nitrogens with one attached hydrogen (secondary N) is 2. The highest BCUT2D eigenvalue weighted by Gasteiger charge is 2.46. The molecule has 2 rings (SSSR count). The minimum Gasteiger partial charge on any atom is -0.275 e. The van der Waals surface area contributed by atoms with Crippen LogP contribution in [0.1, 0.15) is 34.8 Å². The fraction of sp³-hybridized carbons (Fsp3) is 0.222. The number of hydrazone groups is 1. The number of carbonyl (C=O) groups excluding carboxylic acids is 1. The number of benzene rings is 2. The van der Waals surface area contributed by atoms with Crippen molar-refractivity contribution in [1.82, 2.24) is 5.43 Å². The van der Waals surface area contributed by atoms with Gasteiger partial charge in [-0.3, -0.25) is 9.52 Å². The van der Waals surface area contributed by atoms with Gasteiger partial charge in [-0.15, -0.1) is 0 Å². The van der Waals surface area contributed by atoms with Crippen molar-refractivity contribution in [3.05, 3.63) is 64.2 Å². The lowest BCUT2D eigenvalue weighted by Crippen LogP contribution is -2.30. The molecular formula is C18H17ClF3N3O3S. The van der Waals surface area contributed by atoms with Crippen LogP contribution in [0.2, 0.25) is 5.02 Å². The van der Waals surface area contributed by atoms with Crippen LogP contribution < -0.4 is 10.1 Å². The number of hydrogen-bond donors (Lipinski definition) is 2. The van der Waals surface area contributed by atoms with Crippen molar-refractivity contribution in [1.29, 1.82) is 0 Å². The van der Waals surface area contributed by atoms with E-state index in [4.69, 9.17) is 11.6 Å². The number of nitrogens with zero attached hydrogens (tertiary/aromatic N) is 1. The van der Waals surface area contributed by atoms with Crippen molar-refractivity contribution >= 4 is 38.9 Å². The Balaban J connectivity index is 2.37. The number of sulfonamides is 1. The zero-order valence-electron chi connectivity index (χ0n) is 15.3. The Kier molecular flexibility index (Phi) is 6.91. The first-order valence-electron chi connectivity index (χ1n) is 8.27. The first kappa shape index (κ1) is 22.7. The van der Waals surface area contributed by atoms with Crippen LogP contribution in [-0.2, 0) is 10.0 Å². The Morgan fingerprint density at radius 3 is 2.31 bits per heavy atom. The number of aryl methyl sites for hydroxylation is 1. The maximum atomic E-state index is 12.7. The second-order valence-electron chi connectivity index (χ2n) is 5.96. The molecule has 11 heteroatoms. The summed E-state index contributed by atoms with van der Waals surface area (Å²) >= 11 is 5.77. The first-order valence-corrected chi connectivity index (χ1v) is 10.1. The lowest BCUT2D eigenvalue weighted by molar-refractivity contribution is -0.0429. The third-order valence-corrected chi connectivity index (χ3v) is 5.12. The van der Waals surface area contributed by atoms with E-state index in [2.05, 4.69) is 10.5 Å². The number of hydrogen-bond acceptors (Lipinski definition) is 4. The smallest absolute Gasteiger partial charge is 0.275 e. The van der Waals surface area contributed by atoms with E-state index in [1.165, 1.54) is 47.2 Å². The molecular weight excluding hydrogens is 431 g/mol. The molecule has 0 bridgehead atoms. The monoisotopic (exact) mass is 447 g/mol. The minimum atomic E-state index is -5.61. The van der Waals surface area contributed by atoms with Crippen molar-refractivity contribution in [3.63, 3.8) is 0 Å². The number of carbonyl (C=O) groups is 1. The molecule has 0 aliphatic heterocycles. The summed E-state index contributed by atoms with van der Waals surface area (Å²) in [6.45, 7) is 3.35. The molecule has 0 atom stereocenters. The predicted molar refractivity (Wildman–Crippen MR) is 106 cm³/mol. The summed E-state index contributed by atoms with van der Waals surface area (Å²) in [6.07, 6.45) is 0.213. The average molecular weight is 448 g/mol. The van der Waals surface area contributed by atoms with Gasteiger partial charge in [0.15, 0.2) is 0 Å². The van der Waals surface area contributed by atoms with Crippen LogP contribution in [0, 0.1) is 6.92 Å². The zero-order valence-corrected chi connectivity index (χ0v) is 16.9. The van der Waals surface area contributed by atoms with E-state index in [1.807, 2.05) is 0 Å². The van der Waals surface area contributed by atoms with Crippen LogP contribution in [-0.4, -0.2) is 25.5 Å². The third-order valence-electron chi connectivity index (χ3n) is 3.77. The van der Waals surface area contributed by atoms with E-state index in [0.29, 0.717) is 10.6 Å². The van der Waals surface area contributed by atoms with Crippen molar-refractivity contribution in [2.75, 3.05) is 4.72 Å². The molecule has 0 spiro atoms. The molecule has 2 aromatic rings. The molecule has 0 aromatic heterocycles. The van der Waals surface area contributed by atoms with Crippen LogP contribution in [0.5, 0.6) is 0 Å². The van der Waals surface area contributed by atoms with Gasteiger partial charge in [0.05, 0.1) is 11.4 Å². The largest absolute Gasteiger partial charge is 0.516 e. The number of rotatable bonds is 6. The van der Waals surface area contributed by atoms with E-state index in [9.17, 15) is 26.4 Å². The van der Waals surface area contributed by atoms with Gasteiger partial charge in [-0.05, 0) is 49.7 Å². The summed E-state index contributed by atoms with van der Waals surface area (Å²) in [4.78, 5) is 12.2. The van der Waals surface area contributed by atoms with Gasteiger partial charge < -0.3 is 0 Å². The minimum absolute atomic E-state index is 0.122. The molecule has 0 heterocycles. The third kappa shape index (κ3) is 5.70. The van der Waals surface area contributed by atoms with Crippen molar-refractivity contribution in [2.24, 2.45) is 5.10 Å². The average Bonchev–Trinajstić information content (AvgIpc) is 2.63. The van der Waals surface area contributed by atoms with Gasteiger partial charge in [0, 0.05) is 16.1 Å². The fourth-order valence-electron chi connectivity index (χ4n) is 2.30. The summed E-state index contributed by atoms with van der Waals surface area (Å²) in [5, 5.41) is 4.42. The first-order chi connectivity index (χ1) is 13.4. The van der Waals surface area contributed by atoms with Crippen molar-refractivity contribution < 1.29 is 26.4 Å². The summed E-state index contributed by atoms with van der Waals surface area (Å²) in [5.74, 6) is -0.558. The molecule has 0 unspecified atom stereocenters. The van der Waals surface area contributed by atoms with Crippen molar-refractivity contribution in [2.45, 2.75) is 25.8 Å². The molecule has 0 aliphatic rings. The zero-order chi connectivity index (χ0) is 21.8. The molecule has 29 heavy (non-hydrogen) atoms. The highest BCUT2D eigenvalue weighted by atomic mass is 35.5. The van der Waals surface area contributed by atoms with Gasteiger partial charge in [0.25, 0.3) is 5.91 Å². The van der Waals surface area contributed by atoms with E-state index >= 15 is 0 Å². The van der Waals surface area contributed by atoms with Crippen LogP contribution in [0.15, 0.2) is 47.6 Å². The molecule has 0 radical (unpaired) electrons. The quantitative estimate of drug-likeness (QED) is 0.506. The Morgan fingerprint density at radius 1 is 1.14 bits per heavy atom. The molecule has 1 amide bonds. The second-order valence-corrected chi connectivity index (χ2v) is 8.07. The van der Waals surface area contributed by atoms with Crippen LogP contribution in [0.25, 0.3) is 0 Å². The topological polar surface area (TPSA) is 87.6 Å². The summed E-state index contributed by atoms with van der Waals surface area (Å²) < 4.78 is 62.7. The predicted octanol–water partition coefficient (Wildman–Crippen LogP) is 4.45. The number of amides is 1. The molecule has 0 saturated heterocycles. The molecule has 2 N–H and O–H groups in total. The molecule has 2 aromatic carbocycles. The fourth-order valence-corrected chi connectivity index (χ4v) is 3.01. The normalized spacial score (nSPS) is 12.6. The van der Waals surface area contributed by atoms with E-state index in [0.717, 1.165) is 0 Å². The Bertz CT molecular complexity index is 1040. The van der Waals surface area contributed by atoms with Gasteiger partial charge in [-0.25, -0.2) is 5.43 Å². The highest BCUT2D eigenvalue weighted by Crippen LogP contribution is 2.28. The van der Waals surface area contributed by atoms with E-state index < -0.39 is 21.4 Å². The molecule has 0 fully saturated rings. The standard InChI is InChI=1S/C18H17ClF3N3O3S/c1-3-15(23-24-17(26)12-5-7-13(19)8-6-12)14-10-11(2)4-9-16(14)25-29(27,28)18(20,21)22/h4-10,25H,3H2,1-2H3,(H,24,26)/b23-15+. The van der Waals surface area contributed by atoms with Gasteiger partial charge >= 0.3 is 15.5 Å². The van der Waals surface area contributed by atoms with Gasteiger partial charge in [0.1, 0.15) is 0 Å². The van der Waals surface area contributed by atoms with Crippen LogP contribution in [0.3, 0.4) is 0 Å². The molecule has 0 aliphatic carbocycles. The van der Waals surface area contributed by atoms with Gasteiger partial charge in [0.2, 0.25) is 0 Å². The van der Waals surface area contributed by atoms with E-state index in [-0.39, 0.29) is 28.9 Å². The maximum Gasteiger partial charge on any atom is 0.516 e. The van der Waals surface area contributed by atoms with Crippen molar-refractivity contribution in [3.8, 4) is 0 Å².